The molecule has 0 aliphatic rings. The maximum Gasteiger partial charge on any atom is 0.320 e. The van der Waals surface area contributed by atoms with Gasteiger partial charge in [0.2, 0.25) is 5.82 Å². The SMILES string of the molecule is CNC(=O)Nc1nonc1C(=Nc1ccc(F)c(Br)c1)NO. The number of aromatic nitrogens is 2. The quantitative estimate of drug-likeness (QED) is 0.369. The minimum atomic E-state index is -0.557. The molecule has 0 saturated heterocycles. The standard InChI is InChI=1S/C11H10BrFN6O3/c1-14-11(20)16-10-8(18-22-19-10)9(17-21)15-5-2-3-7(13)6(12)4-5/h2-4,21H,1H3,(H,15,17)(H2,14,16,19,20). The predicted molar refractivity (Wildman–Crippen MR) is 77.6 cm³/mol. The molecule has 1 heterocycles. The molecule has 1 aromatic heterocycles. The summed E-state index contributed by atoms with van der Waals surface area (Å²) < 4.78 is 17.9. The number of hydrogen-bond donors (Lipinski definition) is 4. The molecule has 116 valence electrons. The van der Waals surface area contributed by atoms with E-state index in [2.05, 4.69) is 46.5 Å². The van der Waals surface area contributed by atoms with Crippen LogP contribution in [0.3, 0.4) is 0 Å². The van der Waals surface area contributed by atoms with Crippen molar-refractivity contribution in [2.45, 2.75) is 0 Å². The molecule has 1 aromatic carbocycles. The minimum absolute atomic E-state index is 0.0356. The molecule has 0 unspecified atom stereocenters. The molecule has 9 nitrogen and oxygen atoms in total. The number of amides is 2. The number of nitrogens with one attached hydrogen (secondary N) is 3. The fourth-order valence-corrected chi connectivity index (χ4v) is 1.78. The van der Waals surface area contributed by atoms with Gasteiger partial charge < -0.3 is 5.32 Å². The average Bonchev–Trinajstić information content (AvgIpc) is 2.96. The van der Waals surface area contributed by atoms with Gasteiger partial charge in [0.25, 0.3) is 0 Å². The van der Waals surface area contributed by atoms with E-state index >= 15 is 0 Å². The van der Waals surface area contributed by atoms with Crippen molar-refractivity contribution in [3.8, 4) is 0 Å². The molecule has 0 spiro atoms. The summed E-state index contributed by atoms with van der Waals surface area (Å²) in [6.45, 7) is 0. The molecule has 0 bridgehead atoms. The molecule has 0 atom stereocenters. The van der Waals surface area contributed by atoms with Crippen molar-refractivity contribution in [1.29, 1.82) is 0 Å². The van der Waals surface area contributed by atoms with Crippen molar-refractivity contribution in [3.05, 3.63) is 34.2 Å². The van der Waals surface area contributed by atoms with Gasteiger partial charge in [-0.2, -0.15) is 0 Å². The number of hydrogen-bond acceptors (Lipinski definition) is 6. The Bertz CT molecular complexity index is 720. The Kier molecular flexibility index (Phi) is 5.01. The number of rotatable bonds is 3. The molecule has 0 fully saturated rings. The summed E-state index contributed by atoms with van der Waals surface area (Å²) in [5.74, 6) is -0.658. The van der Waals surface area contributed by atoms with E-state index in [9.17, 15) is 14.4 Å². The first kappa shape index (κ1) is 15.9. The number of urea groups is 1. The summed E-state index contributed by atoms with van der Waals surface area (Å²) in [7, 11) is 1.41. The molecule has 4 N–H and O–H groups in total. The summed E-state index contributed by atoms with van der Waals surface area (Å²) in [5, 5.41) is 20.9. The molecule has 0 aliphatic carbocycles. The van der Waals surface area contributed by atoms with Crippen molar-refractivity contribution in [3.63, 3.8) is 0 Å². The van der Waals surface area contributed by atoms with Gasteiger partial charge in [0.15, 0.2) is 11.5 Å². The highest BCUT2D eigenvalue weighted by atomic mass is 79.9. The van der Waals surface area contributed by atoms with E-state index in [0.717, 1.165) is 0 Å². The molecular weight excluding hydrogens is 363 g/mol. The van der Waals surface area contributed by atoms with Gasteiger partial charge >= 0.3 is 6.03 Å². The largest absolute Gasteiger partial charge is 0.341 e. The van der Waals surface area contributed by atoms with E-state index in [1.807, 2.05) is 5.48 Å². The van der Waals surface area contributed by atoms with Crippen molar-refractivity contribution >= 4 is 39.3 Å². The Labute approximate surface area is 131 Å². The predicted octanol–water partition coefficient (Wildman–Crippen LogP) is 1.78. The molecule has 0 aliphatic heterocycles. The van der Waals surface area contributed by atoms with Crippen LogP contribution in [0, 0.1) is 5.82 Å². The van der Waals surface area contributed by atoms with Crippen LogP contribution in [0.4, 0.5) is 20.7 Å². The van der Waals surface area contributed by atoms with Gasteiger partial charge in [0.05, 0.1) is 10.2 Å². The lowest BCUT2D eigenvalue weighted by atomic mass is 10.3. The molecule has 2 rings (SSSR count). The van der Waals surface area contributed by atoms with Crippen LogP contribution in [-0.2, 0) is 0 Å². The van der Waals surface area contributed by atoms with E-state index in [0.29, 0.717) is 5.69 Å². The summed E-state index contributed by atoms with van der Waals surface area (Å²) in [5.41, 5.74) is 2.11. The third kappa shape index (κ3) is 3.56. The van der Waals surface area contributed by atoms with Gasteiger partial charge in [-0.3, -0.25) is 16.0 Å². The number of carbonyl (C=O) groups excluding carboxylic acids is 1. The molecule has 2 amide bonds. The van der Waals surface area contributed by atoms with Crippen LogP contribution in [0.25, 0.3) is 0 Å². The number of hydroxylamine groups is 1. The number of benzene rings is 1. The van der Waals surface area contributed by atoms with Crippen LogP contribution in [0.5, 0.6) is 0 Å². The first-order valence-corrected chi connectivity index (χ1v) is 6.60. The van der Waals surface area contributed by atoms with E-state index in [4.69, 9.17) is 0 Å². The van der Waals surface area contributed by atoms with Gasteiger partial charge in [0, 0.05) is 7.05 Å². The number of halogens is 2. The maximum atomic E-state index is 13.2. The van der Waals surface area contributed by atoms with E-state index in [-0.39, 0.29) is 21.8 Å². The molecule has 0 saturated carbocycles. The fourth-order valence-electron chi connectivity index (χ4n) is 1.41. The van der Waals surface area contributed by atoms with Gasteiger partial charge in [0.1, 0.15) is 5.82 Å². The van der Waals surface area contributed by atoms with Crippen LogP contribution in [0.2, 0.25) is 0 Å². The third-order valence-electron chi connectivity index (χ3n) is 2.42. The zero-order valence-electron chi connectivity index (χ0n) is 11.1. The van der Waals surface area contributed by atoms with Gasteiger partial charge in [-0.05, 0) is 44.4 Å². The molecule has 11 heteroatoms. The number of carbonyl (C=O) groups is 1. The van der Waals surface area contributed by atoms with Crippen molar-refractivity contribution in [1.82, 2.24) is 21.1 Å². The fraction of sp³-hybridized carbons (Fsp3) is 0.0909. The first-order valence-electron chi connectivity index (χ1n) is 5.80. The molecule has 22 heavy (non-hydrogen) atoms. The zero-order chi connectivity index (χ0) is 16.1. The summed E-state index contributed by atoms with van der Waals surface area (Å²) >= 11 is 3.02. The highest BCUT2D eigenvalue weighted by Gasteiger charge is 2.18. The van der Waals surface area contributed by atoms with Crippen molar-refractivity contribution < 1.29 is 19.0 Å². The van der Waals surface area contributed by atoms with Crippen LogP contribution >= 0.6 is 15.9 Å². The smallest absolute Gasteiger partial charge is 0.320 e. The Morgan fingerprint density at radius 2 is 2.23 bits per heavy atom. The normalized spacial score (nSPS) is 11.2. The lowest BCUT2D eigenvalue weighted by molar-refractivity contribution is 0.234. The van der Waals surface area contributed by atoms with Crippen molar-refractivity contribution in [2.24, 2.45) is 4.99 Å². The molecule has 2 aromatic rings. The summed E-state index contributed by atoms with van der Waals surface area (Å²) in [4.78, 5) is 15.3. The maximum absolute atomic E-state index is 13.2. The number of amidine groups is 1. The summed E-state index contributed by atoms with van der Waals surface area (Å²) in [6, 6.07) is 3.42. The van der Waals surface area contributed by atoms with Crippen LogP contribution in [0.1, 0.15) is 5.69 Å². The second-order valence-electron chi connectivity index (χ2n) is 3.84. The number of aliphatic imine (C=N–C) groups is 1. The Morgan fingerprint density at radius 3 is 2.86 bits per heavy atom. The summed E-state index contributed by atoms with van der Waals surface area (Å²) in [6.07, 6.45) is 0. The van der Waals surface area contributed by atoms with E-state index < -0.39 is 11.8 Å². The second-order valence-corrected chi connectivity index (χ2v) is 4.69. The highest BCUT2D eigenvalue weighted by Crippen LogP contribution is 2.23. The van der Waals surface area contributed by atoms with Crippen molar-refractivity contribution in [2.75, 3.05) is 12.4 Å². The Balaban J connectivity index is 2.35. The minimum Gasteiger partial charge on any atom is -0.341 e. The zero-order valence-corrected chi connectivity index (χ0v) is 12.7. The lowest BCUT2D eigenvalue weighted by Crippen LogP contribution is -2.27. The Hall–Kier alpha value is -2.53. The average molecular weight is 373 g/mol. The first-order chi connectivity index (χ1) is 10.5. The number of nitrogens with zero attached hydrogens (tertiary/aromatic N) is 3. The van der Waals surface area contributed by atoms with Gasteiger partial charge in [-0.1, -0.05) is 0 Å². The lowest BCUT2D eigenvalue weighted by Gasteiger charge is -2.04. The van der Waals surface area contributed by atoms with Crippen LogP contribution < -0.4 is 16.1 Å². The highest BCUT2D eigenvalue weighted by molar-refractivity contribution is 9.10. The van der Waals surface area contributed by atoms with Crippen LogP contribution in [-0.4, -0.2) is 34.4 Å². The van der Waals surface area contributed by atoms with Gasteiger partial charge in [-0.25, -0.2) is 18.8 Å². The van der Waals surface area contributed by atoms with E-state index in [1.165, 1.54) is 25.2 Å². The Morgan fingerprint density at radius 1 is 1.45 bits per heavy atom. The van der Waals surface area contributed by atoms with E-state index in [1.54, 1.807) is 0 Å². The van der Waals surface area contributed by atoms with Gasteiger partial charge in [-0.15, -0.1) is 0 Å². The topological polar surface area (TPSA) is 125 Å². The second kappa shape index (κ2) is 6.95. The number of anilines is 1. The molecule has 0 radical (unpaired) electrons. The molecular formula is C11H10BrFN6O3. The third-order valence-corrected chi connectivity index (χ3v) is 3.03. The monoisotopic (exact) mass is 372 g/mol. The van der Waals surface area contributed by atoms with Crippen LogP contribution in [0.15, 0.2) is 32.3 Å².